The predicted octanol–water partition coefficient (Wildman–Crippen LogP) is 2.69. The zero-order valence-electron chi connectivity index (χ0n) is 13.9. The van der Waals surface area contributed by atoms with Crippen LogP contribution in [0.5, 0.6) is 0 Å². The molecule has 130 valence electrons. The van der Waals surface area contributed by atoms with E-state index in [1.165, 1.54) is 6.20 Å². The van der Waals surface area contributed by atoms with Crippen LogP contribution in [0.25, 0.3) is 0 Å². The number of carbonyl (C=O) groups is 2. The van der Waals surface area contributed by atoms with Gasteiger partial charge in [-0.2, -0.15) is 0 Å². The van der Waals surface area contributed by atoms with Crippen molar-refractivity contribution in [3.8, 4) is 0 Å². The first-order valence-electron chi connectivity index (χ1n) is 7.94. The van der Waals surface area contributed by atoms with Crippen LogP contribution in [0.4, 0.5) is 0 Å². The molecule has 2 aromatic rings. The van der Waals surface area contributed by atoms with Gasteiger partial charge in [0.25, 0.3) is 5.91 Å². The van der Waals surface area contributed by atoms with Gasteiger partial charge in [0.15, 0.2) is 0 Å². The van der Waals surface area contributed by atoms with Crippen LogP contribution < -0.4 is 0 Å². The molecule has 0 radical (unpaired) electrons. The van der Waals surface area contributed by atoms with Gasteiger partial charge in [0.2, 0.25) is 0 Å². The van der Waals surface area contributed by atoms with Crippen LogP contribution in [0.15, 0.2) is 30.5 Å². The second-order valence-corrected chi connectivity index (χ2v) is 6.67. The Labute approximate surface area is 150 Å². The number of carboxylic acid groups (broad SMARTS) is 1. The Morgan fingerprint density at radius 3 is 2.48 bits per heavy atom. The highest BCUT2D eigenvalue weighted by atomic mass is 35.5. The minimum Gasteiger partial charge on any atom is -0.481 e. The van der Waals surface area contributed by atoms with Crippen LogP contribution in [-0.2, 0) is 4.79 Å². The molecule has 1 aromatic carbocycles. The maximum atomic E-state index is 12.8. The number of aliphatic carboxylic acids is 1. The molecule has 0 bridgehead atoms. The van der Waals surface area contributed by atoms with Gasteiger partial charge in [-0.25, -0.2) is 9.97 Å². The third kappa shape index (κ3) is 3.49. The summed E-state index contributed by atoms with van der Waals surface area (Å²) in [5.74, 6) is -1.48. The van der Waals surface area contributed by atoms with Crippen molar-refractivity contribution in [3.05, 3.63) is 58.1 Å². The molecule has 1 aromatic heterocycles. The normalized spacial score (nSPS) is 19.9. The van der Waals surface area contributed by atoms with E-state index in [1.807, 2.05) is 12.1 Å². The maximum absolute atomic E-state index is 12.8. The molecule has 3 rings (SSSR count). The van der Waals surface area contributed by atoms with Gasteiger partial charge in [-0.3, -0.25) is 9.59 Å². The van der Waals surface area contributed by atoms with Gasteiger partial charge in [0.05, 0.1) is 17.2 Å². The summed E-state index contributed by atoms with van der Waals surface area (Å²) in [5, 5.41) is 10.2. The average molecular weight is 360 g/mol. The van der Waals surface area contributed by atoms with Crippen molar-refractivity contribution in [1.29, 1.82) is 0 Å². The van der Waals surface area contributed by atoms with Crippen LogP contribution in [0.2, 0.25) is 5.02 Å². The average Bonchev–Trinajstić information content (AvgIpc) is 3.00. The molecule has 1 N–H and O–H groups in total. The van der Waals surface area contributed by atoms with Crippen molar-refractivity contribution in [2.45, 2.75) is 19.8 Å². The summed E-state index contributed by atoms with van der Waals surface area (Å²) in [4.78, 5) is 34.4. The van der Waals surface area contributed by atoms with Gasteiger partial charge in [-0.05, 0) is 31.5 Å². The number of hydrogen-bond acceptors (Lipinski definition) is 4. The molecule has 2 atom stereocenters. The fraction of sp³-hybridized carbons (Fsp3) is 0.333. The van der Waals surface area contributed by atoms with Crippen LogP contribution >= 0.6 is 11.6 Å². The minimum atomic E-state index is -0.910. The van der Waals surface area contributed by atoms with Crippen molar-refractivity contribution < 1.29 is 14.7 Å². The van der Waals surface area contributed by atoms with Crippen molar-refractivity contribution in [1.82, 2.24) is 14.9 Å². The van der Waals surface area contributed by atoms with Gasteiger partial charge in [0.1, 0.15) is 5.82 Å². The highest BCUT2D eigenvalue weighted by Gasteiger charge is 2.41. The van der Waals surface area contributed by atoms with Gasteiger partial charge in [0, 0.05) is 30.2 Å². The third-order valence-corrected chi connectivity index (χ3v) is 4.80. The predicted molar refractivity (Wildman–Crippen MR) is 92.7 cm³/mol. The quantitative estimate of drug-likeness (QED) is 0.910. The maximum Gasteiger partial charge on any atom is 0.308 e. The number of amides is 1. The molecular weight excluding hydrogens is 342 g/mol. The van der Waals surface area contributed by atoms with E-state index < -0.39 is 11.9 Å². The molecule has 1 amide bonds. The van der Waals surface area contributed by atoms with Crippen LogP contribution in [0.1, 0.15) is 33.4 Å². The summed E-state index contributed by atoms with van der Waals surface area (Å²) >= 11 is 5.91. The molecule has 0 saturated carbocycles. The van der Waals surface area contributed by atoms with Crippen molar-refractivity contribution in [2.24, 2.45) is 5.92 Å². The van der Waals surface area contributed by atoms with Gasteiger partial charge < -0.3 is 10.0 Å². The Bertz CT molecular complexity index is 823. The fourth-order valence-electron chi connectivity index (χ4n) is 3.23. The zero-order chi connectivity index (χ0) is 18.1. The number of benzene rings is 1. The molecule has 0 spiro atoms. The summed E-state index contributed by atoms with van der Waals surface area (Å²) in [5.41, 5.74) is 1.87. The second kappa shape index (κ2) is 6.80. The second-order valence-electron chi connectivity index (χ2n) is 6.23. The van der Waals surface area contributed by atoms with E-state index in [9.17, 15) is 14.7 Å². The summed E-state index contributed by atoms with van der Waals surface area (Å²) in [7, 11) is 0. The van der Waals surface area contributed by atoms with E-state index in [2.05, 4.69) is 9.97 Å². The first kappa shape index (κ1) is 17.4. The number of likely N-dealkylation sites (tertiary alicyclic amines) is 1. The number of aryl methyl sites for hydroxylation is 2. The largest absolute Gasteiger partial charge is 0.481 e. The van der Waals surface area contributed by atoms with Gasteiger partial charge in [-0.15, -0.1) is 0 Å². The highest BCUT2D eigenvalue weighted by molar-refractivity contribution is 6.30. The highest BCUT2D eigenvalue weighted by Crippen LogP contribution is 2.34. The van der Waals surface area contributed by atoms with E-state index in [1.54, 1.807) is 30.9 Å². The number of hydrogen-bond donors (Lipinski definition) is 1. The Balaban J connectivity index is 1.88. The molecule has 6 nitrogen and oxygen atoms in total. The first-order chi connectivity index (χ1) is 11.9. The SMILES string of the molecule is Cc1ncc(C(=O)N2C[C@@H](C(=O)O)[C@H](c3ccc(Cl)cc3)C2)c(C)n1. The lowest BCUT2D eigenvalue weighted by Gasteiger charge is -2.17. The monoisotopic (exact) mass is 359 g/mol. The first-order valence-corrected chi connectivity index (χ1v) is 8.32. The van der Waals surface area contributed by atoms with Crippen LogP contribution in [0.3, 0.4) is 0 Å². The number of rotatable bonds is 3. The topological polar surface area (TPSA) is 83.4 Å². The van der Waals surface area contributed by atoms with E-state index in [4.69, 9.17) is 11.6 Å². The summed E-state index contributed by atoms with van der Waals surface area (Å²) < 4.78 is 0. The summed E-state index contributed by atoms with van der Waals surface area (Å²) in [6.07, 6.45) is 1.51. The molecule has 0 aliphatic carbocycles. The van der Waals surface area contributed by atoms with Gasteiger partial charge >= 0.3 is 5.97 Å². The molecule has 1 fully saturated rings. The Morgan fingerprint density at radius 1 is 1.20 bits per heavy atom. The van der Waals surface area contributed by atoms with Crippen LogP contribution in [-0.4, -0.2) is 44.9 Å². The molecular formula is C18H18ClN3O3. The Kier molecular flexibility index (Phi) is 4.72. The van der Waals surface area contributed by atoms with E-state index in [0.29, 0.717) is 28.6 Å². The van der Waals surface area contributed by atoms with E-state index in [-0.39, 0.29) is 18.4 Å². The number of halogens is 1. The number of carboxylic acids is 1. The zero-order valence-corrected chi connectivity index (χ0v) is 14.7. The Morgan fingerprint density at radius 2 is 1.88 bits per heavy atom. The molecule has 25 heavy (non-hydrogen) atoms. The van der Waals surface area contributed by atoms with Crippen molar-refractivity contribution in [3.63, 3.8) is 0 Å². The summed E-state index contributed by atoms with van der Waals surface area (Å²) in [6.45, 7) is 4.01. The molecule has 0 unspecified atom stereocenters. The Hall–Kier alpha value is -2.47. The number of carbonyl (C=O) groups excluding carboxylic acids is 1. The lowest BCUT2D eigenvalue weighted by Crippen LogP contribution is -2.30. The van der Waals surface area contributed by atoms with Crippen molar-refractivity contribution in [2.75, 3.05) is 13.1 Å². The standard InChI is InChI=1S/C18H18ClN3O3/c1-10-14(7-20-11(2)21-10)17(23)22-8-15(16(9-22)18(24)25)12-3-5-13(19)6-4-12/h3-7,15-16H,8-9H2,1-2H3,(H,24,25)/t15-,16+/m0/s1. The third-order valence-electron chi connectivity index (χ3n) is 4.55. The molecule has 7 heteroatoms. The number of aromatic nitrogens is 2. The fourth-order valence-corrected chi connectivity index (χ4v) is 3.36. The van der Waals surface area contributed by atoms with Gasteiger partial charge in [-0.1, -0.05) is 23.7 Å². The van der Waals surface area contributed by atoms with Crippen molar-refractivity contribution >= 4 is 23.5 Å². The minimum absolute atomic E-state index is 0.161. The van der Waals surface area contributed by atoms with Crippen LogP contribution in [0, 0.1) is 19.8 Å². The number of nitrogens with zero attached hydrogens (tertiary/aromatic N) is 3. The van der Waals surface area contributed by atoms with E-state index >= 15 is 0 Å². The lowest BCUT2D eigenvalue weighted by atomic mass is 9.89. The molecule has 2 heterocycles. The molecule has 1 saturated heterocycles. The molecule has 1 aliphatic heterocycles. The smallest absolute Gasteiger partial charge is 0.308 e. The van der Waals surface area contributed by atoms with E-state index in [0.717, 1.165) is 5.56 Å². The summed E-state index contributed by atoms with van der Waals surface area (Å²) in [6, 6.07) is 7.10. The lowest BCUT2D eigenvalue weighted by molar-refractivity contribution is -0.141. The molecule has 1 aliphatic rings.